The Morgan fingerprint density at radius 1 is 1.30 bits per heavy atom. The maximum Gasteiger partial charge on any atom is 0.119 e. The van der Waals surface area contributed by atoms with Gasteiger partial charge < -0.3 is 10.1 Å². The van der Waals surface area contributed by atoms with Crippen molar-refractivity contribution in [2.45, 2.75) is 52.0 Å². The number of methoxy groups -OCH3 is 1. The van der Waals surface area contributed by atoms with E-state index in [1.165, 1.54) is 31.2 Å². The molecule has 2 rings (SSSR count). The highest BCUT2D eigenvalue weighted by Crippen LogP contribution is 2.35. The monoisotopic (exact) mass is 275 g/mol. The number of hydrogen-bond acceptors (Lipinski definition) is 2. The van der Waals surface area contributed by atoms with Crippen molar-refractivity contribution in [2.24, 2.45) is 11.8 Å². The van der Waals surface area contributed by atoms with Crippen LogP contribution in [-0.4, -0.2) is 19.7 Å². The van der Waals surface area contributed by atoms with Crippen molar-refractivity contribution in [3.05, 3.63) is 29.8 Å². The first-order valence-electron chi connectivity index (χ1n) is 8.13. The van der Waals surface area contributed by atoms with Crippen LogP contribution in [0.25, 0.3) is 0 Å². The third-order valence-electron chi connectivity index (χ3n) is 4.78. The minimum absolute atomic E-state index is 0.614. The lowest BCUT2D eigenvalue weighted by atomic mass is 9.91. The Balaban J connectivity index is 2.01. The minimum atomic E-state index is 0.614. The fourth-order valence-corrected chi connectivity index (χ4v) is 3.57. The van der Waals surface area contributed by atoms with Gasteiger partial charge in [-0.05, 0) is 55.3 Å². The standard InChI is InChI=1S/C18H29NO/c1-4-14-9-10-16(11-14)18(19-5-2)13-15-7-6-8-17(12-15)20-3/h6-8,12,14,16,18-19H,4-5,9-11,13H2,1-3H3. The zero-order valence-corrected chi connectivity index (χ0v) is 13.2. The van der Waals surface area contributed by atoms with Gasteiger partial charge in [-0.2, -0.15) is 0 Å². The molecular weight excluding hydrogens is 246 g/mol. The van der Waals surface area contributed by atoms with Gasteiger partial charge in [0.1, 0.15) is 5.75 Å². The zero-order chi connectivity index (χ0) is 14.4. The molecule has 1 aromatic carbocycles. The molecule has 20 heavy (non-hydrogen) atoms. The van der Waals surface area contributed by atoms with Crippen molar-refractivity contribution >= 4 is 0 Å². The molecule has 0 bridgehead atoms. The summed E-state index contributed by atoms with van der Waals surface area (Å²) in [6.45, 7) is 5.60. The number of rotatable bonds is 7. The van der Waals surface area contributed by atoms with Gasteiger partial charge in [-0.3, -0.25) is 0 Å². The van der Waals surface area contributed by atoms with Crippen LogP contribution in [0.1, 0.15) is 45.1 Å². The summed E-state index contributed by atoms with van der Waals surface area (Å²) in [5, 5.41) is 3.71. The Kier molecular flexibility index (Phi) is 5.90. The zero-order valence-electron chi connectivity index (χ0n) is 13.2. The molecule has 2 nitrogen and oxygen atoms in total. The molecule has 1 aliphatic carbocycles. The molecule has 1 N–H and O–H groups in total. The molecule has 0 aromatic heterocycles. The van der Waals surface area contributed by atoms with E-state index < -0.39 is 0 Å². The van der Waals surface area contributed by atoms with E-state index in [0.717, 1.165) is 30.6 Å². The second-order valence-corrected chi connectivity index (χ2v) is 6.07. The quantitative estimate of drug-likeness (QED) is 0.811. The first-order chi connectivity index (χ1) is 9.76. The second kappa shape index (κ2) is 7.68. The molecule has 0 heterocycles. The number of nitrogens with one attached hydrogen (secondary N) is 1. The third-order valence-corrected chi connectivity index (χ3v) is 4.78. The lowest BCUT2D eigenvalue weighted by Gasteiger charge is -2.25. The molecule has 3 unspecified atom stereocenters. The van der Waals surface area contributed by atoms with Crippen LogP contribution in [0.4, 0.5) is 0 Å². The van der Waals surface area contributed by atoms with Crippen LogP contribution in [0.15, 0.2) is 24.3 Å². The van der Waals surface area contributed by atoms with Gasteiger partial charge in [0.05, 0.1) is 7.11 Å². The number of benzene rings is 1. The van der Waals surface area contributed by atoms with Gasteiger partial charge >= 0.3 is 0 Å². The smallest absolute Gasteiger partial charge is 0.119 e. The number of likely N-dealkylation sites (N-methyl/N-ethyl adjacent to an activating group) is 1. The molecule has 1 aromatic rings. The van der Waals surface area contributed by atoms with Crippen LogP contribution in [0.2, 0.25) is 0 Å². The van der Waals surface area contributed by atoms with E-state index in [9.17, 15) is 0 Å². The summed E-state index contributed by atoms with van der Waals surface area (Å²) in [6, 6.07) is 9.13. The lowest BCUT2D eigenvalue weighted by molar-refractivity contribution is 0.348. The first kappa shape index (κ1) is 15.4. The van der Waals surface area contributed by atoms with Gasteiger partial charge in [0.2, 0.25) is 0 Å². The van der Waals surface area contributed by atoms with Gasteiger partial charge in [0.25, 0.3) is 0 Å². The van der Waals surface area contributed by atoms with E-state index >= 15 is 0 Å². The van der Waals surface area contributed by atoms with Gasteiger partial charge in [0.15, 0.2) is 0 Å². The Bertz CT molecular complexity index is 404. The van der Waals surface area contributed by atoms with Crippen molar-refractivity contribution in [3.63, 3.8) is 0 Å². The normalized spacial score (nSPS) is 23.8. The second-order valence-electron chi connectivity index (χ2n) is 6.07. The topological polar surface area (TPSA) is 21.3 Å². The summed E-state index contributed by atoms with van der Waals surface area (Å²) in [6.07, 6.45) is 6.67. The molecule has 1 fully saturated rings. The van der Waals surface area contributed by atoms with E-state index in [2.05, 4.69) is 37.4 Å². The highest BCUT2D eigenvalue weighted by molar-refractivity contribution is 5.29. The molecule has 2 heteroatoms. The van der Waals surface area contributed by atoms with Gasteiger partial charge in [-0.25, -0.2) is 0 Å². The van der Waals surface area contributed by atoms with Crippen molar-refractivity contribution < 1.29 is 4.74 Å². The minimum Gasteiger partial charge on any atom is -0.497 e. The largest absolute Gasteiger partial charge is 0.497 e. The highest BCUT2D eigenvalue weighted by Gasteiger charge is 2.29. The summed E-state index contributed by atoms with van der Waals surface area (Å²) < 4.78 is 5.34. The van der Waals surface area contributed by atoms with Crippen molar-refractivity contribution in [1.82, 2.24) is 5.32 Å². The highest BCUT2D eigenvalue weighted by atomic mass is 16.5. The average molecular weight is 275 g/mol. The van der Waals surface area contributed by atoms with Crippen LogP contribution >= 0.6 is 0 Å². The van der Waals surface area contributed by atoms with Crippen LogP contribution in [-0.2, 0) is 6.42 Å². The van der Waals surface area contributed by atoms with Crippen LogP contribution in [0.5, 0.6) is 5.75 Å². The lowest BCUT2D eigenvalue weighted by Crippen LogP contribution is -2.37. The third kappa shape index (κ3) is 3.99. The van der Waals surface area contributed by atoms with Crippen LogP contribution in [0, 0.1) is 11.8 Å². The van der Waals surface area contributed by atoms with Crippen molar-refractivity contribution in [2.75, 3.05) is 13.7 Å². The fourth-order valence-electron chi connectivity index (χ4n) is 3.57. The molecule has 0 saturated heterocycles. The average Bonchev–Trinajstić information content (AvgIpc) is 2.96. The summed E-state index contributed by atoms with van der Waals surface area (Å²) >= 11 is 0. The maximum atomic E-state index is 5.34. The molecule has 0 amide bonds. The van der Waals surface area contributed by atoms with Crippen LogP contribution < -0.4 is 10.1 Å². The van der Waals surface area contributed by atoms with E-state index in [1.807, 2.05) is 6.07 Å². The number of hydrogen-bond donors (Lipinski definition) is 1. The van der Waals surface area contributed by atoms with Gasteiger partial charge in [0, 0.05) is 6.04 Å². The summed E-state index contributed by atoms with van der Waals surface area (Å²) in [5.74, 6) is 2.76. The predicted molar refractivity (Wildman–Crippen MR) is 85.3 cm³/mol. The van der Waals surface area contributed by atoms with E-state index in [1.54, 1.807) is 7.11 Å². The molecule has 3 atom stereocenters. The molecule has 0 radical (unpaired) electrons. The van der Waals surface area contributed by atoms with Gasteiger partial charge in [-0.1, -0.05) is 38.8 Å². The molecule has 0 spiro atoms. The SMILES string of the molecule is CCNC(Cc1cccc(OC)c1)C1CCC(CC)C1. The summed E-state index contributed by atoms with van der Waals surface area (Å²) in [5.41, 5.74) is 1.38. The Morgan fingerprint density at radius 2 is 2.15 bits per heavy atom. The van der Waals surface area contributed by atoms with E-state index in [0.29, 0.717) is 6.04 Å². The van der Waals surface area contributed by atoms with Crippen molar-refractivity contribution in [3.8, 4) is 5.75 Å². The maximum absolute atomic E-state index is 5.34. The number of ether oxygens (including phenoxy) is 1. The first-order valence-corrected chi connectivity index (χ1v) is 8.13. The van der Waals surface area contributed by atoms with Crippen LogP contribution in [0.3, 0.4) is 0 Å². The molecule has 1 aliphatic rings. The summed E-state index contributed by atoms with van der Waals surface area (Å²) in [4.78, 5) is 0. The van der Waals surface area contributed by atoms with E-state index in [4.69, 9.17) is 4.74 Å². The molecule has 1 saturated carbocycles. The summed E-state index contributed by atoms with van der Waals surface area (Å²) in [7, 11) is 1.74. The Hall–Kier alpha value is -1.02. The van der Waals surface area contributed by atoms with Gasteiger partial charge in [-0.15, -0.1) is 0 Å². The van der Waals surface area contributed by atoms with Crippen molar-refractivity contribution in [1.29, 1.82) is 0 Å². The Morgan fingerprint density at radius 3 is 2.80 bits per heavy atom. The molecule has 0 aliphatic heterocycles. The van der Waals surface area contributed by atoms with E-state index in [-0.39, 0.29) is 0 Å². The predicted octanol–water partition coefficient (Wildman–Crippen LogP) is 4.04. The fraction of sp³-hybridized carbons (Fsp3) is 0.667. The molecular formula is C18H29NO. The molecule has 112 valence electrons. The Labute approximate surface area is 123 Å².